The number of carbonyl (C=O) groups excluding carboxylic acids is 1. The van der Waals surface area contributed by atoms with E-state index < -0.39 is 17.8 Å². The zero-order valence-electron chi connectivity index (χ0n) is 17.0. The molecule has 0 atom stereocenters. The highest BCUT2D eigenvalue weighted by Gasteiger charge is 2.31. The van der Waals surface area contributed by atoms with Crippen molar-refractivity contribution in [3.05, 3.63) is 83.5 Å². The third kappa shape index (κ3) is 7.14. The van der Waals surface area contributed by atoms with Gasteiger partial charge in [-0.25, -0.2) is 14.7 Å². The molecule has 170 valence electrons. The van der Waals surface area contributed by atoms with Crippen molar-refractivity contribution in [1.29, 1.82) is 0 Å². The topological polar surface area (TPSA) is 93.9 Å². The van der Waals surface area contributed by atoms with Gasteiger partial charge in [0, 0.05) is 11.2 Å². The summed E-state index contributed by atoms with van der Waals surface area (Å²) in [5.41, 5.74) is 11.9. The van der Waals surface area contributed by atoms with Gasteiger partial charge in [0.2, 0.25) is 5.96 Å². The van der Waals surface area contributed by atoms with Gasteiger partial charge < -0.3 is 16.2 Å². The number of carbonyl (C=O) groups is 1. The summed E-state index contributed by atoms with van der Waals surface area (Å²) < 4.78 is 43.7. The molecule has 2 aromatic carbocycles. The number of alkyl halides is 3. The van der Waals surface area contributed by atoms with Crippen LogP contribution < -0.4 is 16.4 Å². The van der Waals surface area contributed by atoms with E-state index in [1.807, 2.05) is 0 Å². The number of ether oxygens (including phenoxy) is 1. The molecule has 0 aliphatic carbocycles. The molecule has 0 radical (unpaired) electrons. The van der Waals surface area contributed by atoms with E-state index in [1.54, 1.807) is 30.3 Å². The third-order valence-corrected chi connectivity index (χ3v) is 4.35. The molecule has 0 aliphatic rings. The number of anilines is 1. The van der Waals surface area contributed by atoms with Gasteiger partial charge in [-0.2, -0.15) is 13.2 Å². The molecule has 0 aromatic heterocycles. The van der Waals surface area contributed by atoms with E-state index in [4.69, 9.17) is 27.8 Å². The van der Waals surface area contributed by atoms with Crippen LogP contribution in [0.5, 0.6) is 0 Å². The van der Waals surface area contributed by atoms with Crippen LogP contribution in [0, 0.1) is 0 Å². The molecule has 10 heteroatoms. The minimum absolute atomic E-state index is 0.0150. The van der Waals surface area contributed by atoms with Crippen molar-refractivity contribution >= 4 is 34.9 Å². The van der Waals surface area contributed by atoms with E-state index in [2.05, 4.69) is 11.6 Å². The molecule has 0 heterocycles. The normalized spacial score (nSPS) is 12.1. The molecular formula is C22H22ClF3N4O2. The molecule has 0 saturated heterocycles. The van der Waals surface area contributed by atoms with Gasteiger partial charge in [0.1, 0.15) is 0 Å². The lowest BCUT2D eigenvalue weighted by Gasteiger charge is -2.21. The number of hydrogen-bond acceptors (Lipinski definition) is 4. The summed E-state index contributed by atoms with van der Waals surface area (Å²) in [4.78, 5) is 17.4. The largest absolute Gasteiger partial charge is 0.449 e. The first-order valence-electron chi connectivity index (χ1n) is 9.42. The van der Waals surface area contributed by atoms with Gasteiger partial charge >= 0.3 is 12.3 Å². The number of hydrogen-bond donors (Lipinski definition) is 2. The fraction of sp³-hybridized carbons (Fsp3) is 0.182. The average Bonchev–Trinajstić information content (AvgIpc) is 2.74. The molecule has 2 aromatic rings. The second-order valence-electron chi connectivity index (χ2n) is 6.48. The fourth-order valence-corrected chi connectivity index (χ4v) is 2.67. The lowest BCUT2D eigenvalue weighted by atomic mass is 10.1. The first kappa shape index (κ1) is 25.0. The smallest absolute Gasteiger partial charge is 0.421 e. The Bertz CT molecular complexity index is 1000. The highest BCUT2D eigenvalue weighted by atomic mass is 35.5. The van der Waals surface area contributed by atoms with Crippen molar-refractivity contribution in [2.45, 2.75) is 12.6 Å². The maximum absolute atomic E-state index is 12.9. The predicted molar refractivity (Wildman–Crippen MR) is 120 cm³/mol. The maximum atomic E-state index is 12.9. The monoisotopic (exact) mass is 466 g/mol. The maximum Gasteiger partial charge on any atom is 0.421 e. The summed E-state index contributed by atoms with van der Waals surface area (Å²) in [6.07, 6.45) is -2.16. The molecular weight excluding hydrogens is 445 g/mol. The lowest BCUT2D eigenvalue weighted by molar-refractivity contribution is -0.137. The molecule has 0 bridgehead atoms. The summed E-state index contributed by atoms with van der Waals surface area (Å²) in [6, 6.07) is 10.9. The van der Waals surface area contributed by atoms with Crippen molar-refractivity contribution in [3.63, 3.8) is 0 Å². The molecule has 0 aliphatic heterocycles. The molecule has 0 saturated carbocycles. The first-order valence-corrected chi connectivity index (χ1v) is 9.80. The highest BCUT2D eigenvalue weighted by molar-refractivity contribution is 6.30. The van der Waals surface area contributed by atoms with Crippen molar-refractivity contribution in [2.24, 2.45) is 16.5 Å². The van der Waals surface area contributed by atoms with Crippen LogP contribution in [0.1, 0.15) is 17.5 Å². The Morgan fingerprint density at radius 1 is 1.22 bits per heavy atom. The quantitative estimate of drug-likeness (QED) is 0.254. The number of nitrogens with two attached hydrogens (primary N) is 2. The average molecular weight is 467 g/mol. The van der Waals surface area contributed by atoms with Crippen LogP contribution in [-0.4, -0.2) is 25.2 Å². The Morgan fingerprint density at radius 2 is 1.91 bits per heavy atom. The summed E-state index contributed by atoms with van der Waals surface area (Å²) in [7, 11) is 0. The van der Waals surface area contributed by atoms with Crippen LogP contribution in [-0.2, 0) is 10.9 Å². The number of rotatable bonds is 7. The number of aliphatic imine (C=N–C) groups is 1. The number of halogens is 4. The van der Waals surface area contributed by atoms with Crippen LogP contribution in [0.15, 0.2) is 72.4 Å². The minimum atomic E-state index is -4.52. The zero-order valence-corrected chi connectivity index (χ0v) is 17.7. The van der Waals surface area contributed by atoms with Gasteiger partial charge in [-0.3, -0.25) is 0 Å². The van der Waals surface area contributed by atoms with Crippen molar-refractivity contribution in [2.75, 3.05) is 18.1 Å². The molecule has 0 spiro atoms. The second-order valence-corrected chi connectivity index (χ2v) is 6.91. The number of benzene rings is 2. The molecule has 4 N–H and O–H groups in total. The van der Waals surface area contributed by atoms with E-state index in [-0.39, 0.29) is 18.3 Å². The minimum Gasteiger partial charge on any atom is -0.449 e. The van der Waals surface area contributed by atoms with Gasteiger partial charge in [0.15, 0.2) is 0 Å². The standard InChI is InChI=1S/C22H22ClF3N4O2/c1-15(16-4-2-5-18(23)14-16)10-12-29-20(28)30(21(31)32-13-3-11-27)19-8-6-17(7-9-19)22(24,25)26/h2,4-10,12,14H,1,3,11,13,27H2,(H2,28,29)/b12-10-. The van der Waals surface area contributed by atoms with Gasteiger partial charge in [-0.15, -0.1) is 0 Å². The second kappa shape index (κ2) is 11.4. The Morgan fingerprint density at radius 3 is 2.50 bits per heavy atom. The molecule has 1 amide bonds. The fourth-order valence-electron chi connectivity index (χ4n) is 2.48. The summed E-state index contributed by atoms with van der Waals surface area (Å²) in [6.45, 7) is 4.22. The number of amides is 1. The lowest BCUT2D eigenvalue weighted by Crippen LogP contribution is -2.42. The Kier molecular flexibility index (Phi) is 8.86. The van der Waals surface area contributed by atoms with E-state index in [9.17, 15) is 18.0 Å². The molecule has 0 fully saturated rings. The van der Waals surface area contributed by atoms with Crippen LogP contribution in [0.2, 0.25) is 5.02 Å². The molecule has 32 heavy (non-hydrogen) atoms. The Labute approximate surface area is 188 Å². The first-order chi connectivity index (χ1) is 15.1. The van der Waals surface area contributed by atoms with Crippen molar-refractivity contribution in [3.8, 4) is 0 Å². The van der Waals surface area contributed by atoms with Gasteiger partial charge in [0.25, 0.3) is 0 Å². The number of guanidine groups is 1. The summed E-state index contributed by atoms with van der Waals surface area (Å²) in [5, 5.41) is 0.536. The molecule has 2 rings (SSSR count). The highest BCUT2D eigenvalue weighted by Crippen LogP contribution is 2.30. The predicted octanol–water partition coefficient (Wildman–Crippen LogP) is 5.19. The van der Waals surface area contributed by atoms with Crippen LogP contribution in [0.25, 0.3) is 5.57 Å². The number of allylic oxidation sites excluding steroid dienone is 2. The molecule has 6 nitrogen and oxygen atoms in total. The van der Waals surface area contributed by atoms with Crippen LogP contribution >= 0.6 is 11.6 Å². The van der Waals surface area contributed by atoms with Gasteiger partial charge in [-0.1, -0.05) is 30.3 Å². The molecule has 0 unspecified atom stereocenters. The summed E-state index contributed by atoms with van der Waals surface area (Å²) >= 11 is 5.96. The van der Waals surface area contributed by atoms with E-state index in [1.165, 1.54) is 6.20 Å². The Hall–Kier alpha value is -3.30. The third-order valence-electron chi connectivity index (χ3n) is 4.12. The van der Waals surface area contributed by atoms with Gasteiger partial charge in [-0.05, 0) is 66.6 Å². The van der Waals surface area contributed by atoms with E-state index >= 15 is 0 Å². The summed E-state index contributed by atoms with van der Waals surface area (Å²) in [5.74, 6) is -0.308. The van der Waals surface area contributed by atoms with Crippen molar-refractivity contribution < 1.29 is 22.7 Å². The van der Waals surface area contributed by atoms with E-state index in [0.717, 1.165) is 34.7 Å². The van der Waals surface area contributed by atoms with Gasteiger partial charge in [0.05, 0.1) is 17.9 Å². The van der Waals surface area contributed by atoms with E-state index in [0.29, 0.717) is 23.6 Å². The van der Waals surface area contributed by atoms with Crippen LogP contribution in [0.3, 0.4) is 0 Å². The van der Waals surface area contributed by atoms with Crippen LogP contribution in [0.4, 0.5) is 23.7 Å². The Balaban J connectivity index is 2.27. The zero-order chi connectivity index (χ0) is 23.7. The number of nitrogens with zero attached hydrogens (tertiary/aromatic N) is 2. The SMILES string of the molecule is C=C(/C=C\N=C(N)N(C(=O)OCCCN)c1ccc(C(F)(F)F)cc1)c1cccc(Cl)c1. The van der Waals surface area contributed by atoms with Crippen molar-refractivity contribution in [1.82, 2.24) is 0 Å².